The Hall–Kier alpha value is -2.49. The number of benzene rings is 2. The minimum Gasteiger partial charge on any atom is -0.495 e. The summed E-state index contributed by atoms with van der Waals surface area (Å²) in [6, 6.07) is 11.2. The number of carbonyl (C=O) groups is 2. The SMILES string of the molecule is CC[C@@H](C(=O)NC(C)(C)C)N(Cc1ccccc1Cl)C(=O)CCCN(c1ccc(OC)c(Cl)c1)S(C)(=O)=O. The van der Waals surface area contributed by atoms with E-state index in [4.69, 9.17) is 27.9 Å². The van der Waals surface area contributed by atoms with E-state index in [0.29, 0.717) is 22.9 Å². The third-order valence-corrected chi connectivity index (χ3v) is 7.62. The Kier molecular flexibility index (Phi) is 11.3. The van der Waals surface area contributed by atoms with E-state index in [1.807, 2.05) is 39.8 Å². The van der Waals surface area contributed by atoms with Crippen LogP contribution in [0.15, 0.2) is 42.5 Å². The minimum atomic E-state index is -3.65. The Morgan fingerprint density at radius 2 is 1.74 bits per heavy atom. The Bertz CT molecular complexity index is 1230. The summed E-state index contributed by atoms with van der Waals surface area (Å²) >= 11 is 12.6. The van der Waals surface area contributed by atoms with E-state index in [1.165, 1.54) is 22.4 Å². The van der Waals surface area contributed by atoms with Gasteiger partial charge in [-0.1, -0.05) is 48.3 Å². The van der Waals surface area contributed by atoms with Crippen LogP contribution in [0, 0.1) is 0 Å². The molecule has 0 unspecified atom stereocenters. The van der Waals surface area contributed by atoms with Gasteiger partial charge < -0.3 is 15.0 Å². The Morgan fingerprint density at radius 3 is 2.26 bits per heavy atom. The molecule has 1 N–H and O–H groups in total. The van der Waals surface area contributed by atoms with Gasteiger partial charge in [-0.25, -0.2) is 8.42 Å². The minimum absolute atomic E-state index is 0.0274. The molecule has 0 fully saturated rings. The molecule has 0 aromatic heterocycles. The molecule has 11 heteroatoms. The maximum absolute atomic E-state index is 13.5. The third kappa shape index (κ3) is 9.06. The average molecular weight is 587 g/mol. The van der Waals surface area contributed by atoms with Crippen LogP contribution in [0.5, 0.6) is 5.75 Å². The lowest BCUT2D eigenvalue weighted by atomic mass is 10.0. The van der Waals surface area contributed by atoms with Crippen LogP contribution in [0.2, 0.25) is 10.0 Å². The number of nitrogens with zero attached hydrogens (tertiary/aromatic N) is 2. The van der Waals surface area contributed by atoms with Gasteiger partial charge in [0.25, 0.3) is 0 Å². The molecule has 0 aliphatic heterocycles. The van der Waals surface area contributed by atoms with Crippen molar-refractivity contribution in [3.8, 4) is 5.75 Å². The van der Waals surface area contributed by atoms with E-state index < -0.39 is 21.6 Å². The van der Waals surface area contributed by atoms with Crippen molar-refractivity contribution >= 4 is 50.7 Å². The zero-order chi connectivity index (χ0) is 28.7. The Morgan fingerprint density at radius 1 is 1.08 bits per heavy atom. The maximum atomic E-state index is 13.5. The number of methoxy groups -OCH3 is 1. The molecule has 1 atom stereocenters. The van der Waals surface area contributed by atoms with Crippen LogP contribution < -0.4 is 14.4 Å². The quantitative estimate of drug-likeness (QED) is 0.366. The van der Waals surface area contributed by atoms with Crippen molar-refractivity contribution in [1.82, 2.24) is 10.2 Å². The lowest BCUT2D eigenvalue weighted by Gasteiger charge is -2.33. The first kappa shape index (κ1) is 31.7. The van der Waals surface area contributed by atoms with Crippen molar-refractivity contribution in [2.75, 3.05) is 24.2 Å². The molecule has 0 saturated carbocycles. The van der Waals surface area contributed by atoms with Gasteiger partial charge in [0.1, 0.15) is 11.8 Å². The molecule has 0 spiro atoms. The predicted molar refractivity (Wildman–Crippen MR) is 153 cm³/mol. The number of anilines is 1. The molecule has 0 heterocycles. The van der Waals surface area contributed by atoms with E-state index in [2.05, 4.69) is 5.32 Å². The number of amides is 2. The highest BCUT2D eigenvalue weighted by atomic mass is 35.5. The van der Waals surface area contributed by atoms with Gasteiger partial charge in [-0.2, -0.15) is 0 Å². The van der Waals surface area contributed by atoms with Crippen LogP contribution in [0.4, 0.5) is 5.69 Å². The lowest BCUT2D eigenvalue weighted by molar-refractivity contribution is -0.142. The molecule has 0 radical (unpaired) electrons. The van der Waals surface area contributed by atoms with E-state index in [9.17, 15) is 18.0 Å². The van der Waals surface area contributed by atoms with Crippen LogP contribution >= 0.6 is 23.2 Å². The third-order valence-electron chi connectivity index (χ3n) is 5.76. The standard InChI is InChI=1S/C27H37Cl2N3O5S/c1-7-23(26(34)30-27(2,3)4)31(18-19-11-8-9-12-21(19)28)25(33)13-10-16-32(38(6,35)36)20-14-15-24(37-5)22(29)17-20/h8-9,11-12,14-15,17,23H,7,10,13,16,18H2,1-6H3,(H,30,34)/t23-/m0/s1. The molecule has 2 aromatic carbocycles. The van der Waals surface area contributed by atoms with Crippen molar-refractivity contribution in [1.29, 1.82) is 0 Å². The van der Waals surface area contributed by atoms with Crippen molar-refractivity contribution in [2.24, 2.45) is 0 Å². The van der Waals surface area contributed by atoms with Gasteiger partial charge in [0.15, 0.2) is 0 Å². The summed E-state index contributed by atoms with van der Waals surface area (Å²) in [6.07, 6.45) is 1.75. The number of hydrogen-bond acceptors (Lipinski definition) is 5. The summed E-state index contributed by atoms with van der Waals surface area (Å²) in [5.74, 6) is -0.110. The number of nitrogens with one attached hydrogen (secondary N) is 1. The fraction of sp³-hybridized carbons (Fsp3) is 0.481. The first-order chi connectivity index (χ1) is 17.7. The van der Waals surface area contributed by atoms with Crippen molar-refractivity contribution in [3.05, 3.63) is 58.1 Å². The van der Waals surface area contributed by atoms with Gasteiger partial charge in [-0.3, -0.25) is 13.9 Å². The maximum Gasteiger partial charge on any atom is 0.243 e. The van der Waals surface area contributed by atoms with Gasteiger partial charge in [0.2, 0.25) is 21.8 Å². The van der Waals surface area contributed by atoms with Gasteiger partial charge in [0.05, 0.1) is 24.1 Å². The average Bonchev–Trinajstić information content (AvgIpc) is 2.80. The smallest absolute Gasteiger partial charge is 0.243 e. The molecule has 2 aromatic rings. The number of hydrogen-bond donors (Lipinski definition) is 1. The van der Waals surface area contributed by atoms with E-state index in [-0.39, 0.29) is 42.8 Å². The number of rotatable bonds is 12. The number of sulfonamides is 1. The second kappa shape index (κ2) is 13.5. The normalized spacial score (nSPS) is 12.5. The van der Waals surface area contributed by atoms with Crippen LogP contribution in [0.25, 0.3) is 0 Å². The molecule has 2 amide bonds. The van der Waals surface area contributed by atoms with Gasteiger partial charge >= 0.3 is 0 Å². The molecule has 0 bridgehead atoms. The van der Waals surface area contributed by atoms with Crippen molar-refractivity contribution in [2.45, 2.75) is 65.1 Å². The number of carbonyl (C=O) groups excluding carboxylic acids is 2. The molecular weight excluding hydrogens is 549 g/mol. The van der Waals surface area contributed by atoms with Gasteiger partial charge in [-0.15, -0.1) is 0 Å². The van der Waals surface area contributed by atoms with Crippen LogP contribution in [-0.2, 0) is 26.2 Å². The summed E-state index contributed by atoms with van der Waals surface area (Å²) in [4.78, 5) is 28.2. The first-order valence-corrected chi connectivity index (χ1v) is 14.9. The Labute approximate surface area is 236 Å². The molecule has 38 heavy (non-hydrogen) atoms. The molecule has 0 aliphatic carbocycles. The Balaban J connectivity index is 2.27. The number of ether oxygens (including phenoxy) is 1. The van der Waals surface area contributed by atoms with Gasteiger partial charge in [-0.05, 0) is 63.4 Å². The highest BCUT2D eigenvalue weighted by Crippen LogP contribution is 2.30. The van der Waals surface area contributed by atoms with Crippen molar-refractivity contribution < 1.29 is 22.7 Å². The predicted octanol–water partition coefficient (Wildman–Crippen LogP) is 5.27. The molecule has 210 valence electrons. The highest BCUT2D eigenvalue weighted by Gasteiger charge is 2.31. The van der Waals surface area contributed by atoms with Crippen LogP contribution in [-0.4, -0.2) is 56.6 Å². The summed E-state index contributed by atoms with van der Waals surface area (Å²) < 4.78 is 31.5. The van der Waals surface area contributed by atoms with E-state index in [0.717, 1.165) is 11.8 Å². The largest absolute Gasteiger partial charge is 0.495 e. The first-order valence-electron chi connectivity index (χ1n) is 12.3. The molecule has 8 nitrogen and oxygen atoms in total. The monoisotopic (exact) mass is 585 g/mol. The summed E-state index contributed by atoms with van der Waals surface area (Å²) in [5, 5.41) is 3.73. The second-order valence-electron chi connectivity index (χ2n) is 10.0. The zero-order valence-corrected chi connectivity index (χ0v) is 25.1. The molecule has 0 aliphatic rings. The van der Waals surface area contributed by atoms with E-state index in [1.54, 1.807) is 24.3 Å². The van der Waals surface area contributed by atoms with Crippen LogP contribution in [0.1, 0.15) is 52.5 Å². The summed E-state index contributed by atoms with van der Waals surface area (Å²) in [7, 11) is -2.18. The summed E-state index contributed by atoms with van der Waals surface area (Å²) in [5.41, 5.74) is 0.615. The fourth-order valence-corrected chi connectivity index (χ4v) is 5.40. The topological polar surface area (TPSA) is 96.0 Å². The second-order valence-corrected chi connectivity index (χ2v) is 12.8. The van der Waals surface area contributed by atoms with Crippen molar-refractivity contribution in [3.63, 3.8) is 0 Å². The lowest BCUT2D eigenvalue weighted by Crippen LogP contribution is -2.53. The highest BCUT2D eigenvalue weighted by molar-refractivity contribution is 7.92. The number of halogens is 2. The summed E-state index contributed by atoms with van der Waals surface area (Å²) in [6.45, 7) is 7.68. The molecule has 0 saturated heterocycles. The van der Waals surface area contributed by atoms with Crippen LogP contribution in [0.3, 0.4) is 0 Å². The molecule has 2 rings (SSSR count). The zero-order valence-electron chi connectivity index (χ0n) is 22.8. The molecular formula is C27H37Cl2N3O5S. The fourth-order valence-electron chi connectivity index (χ4n) is 4.00. The van der Waals surface area contributed by atoms with E-state index >= 15 is 0 Å². The van der Waals surface area contributed by atoms with Gasteiger partial charge in [0, 0.05) is 30.1 Å².